The minimum absolute atomic E-state index is 0.298. The number of carboxylic acid groups (broad SMARTS) is 1. The first-order valence-corrected chi connectivity index (χ1v) is 11.2. The summed E-state index contributed by atoms with van der Waals surface area (Å²) in [4.78, 5) is 12.5. The van der Waals surface area contributed by atoms with Crippen molar-refractivity contribution in [2.45, 2.75) is 57.8 Å². The maximum Gasteiger partial charge on any atom is 0.303 e. The largest absolute Gasteiger partial charge is 0.494 e. The quantitative estimate of drug-likeness (QED) is 0.243. The third-order valence-corrected chi connectivity index (χ3v) is 5.04. The van der Waals surface area contributed by atoms with Crippen LogP contribution in [0.15, 0.2) is 58.8 Å². The van der Waals surface area contributed by atoms with E-state index in [9.17, 15) is 4.79 Å². The number of nitrogens with zero attached hydrogens (tertiary/aromatic N) is 3. The fourth-order valence-electron chi connectivity index (χ4n) is 3.17. The number of azo groups is 1. The Bertz CT molecular complexity index is 787. The molecule has 2 aromatic rings. The summed E-state index contributed by atoms with van der Waals surface area (Å²) in [5.74, 6) is 0.165. The molecule has 0 aliphatic rings. The zero-order chi connectivity index (χ0) is 22.3. The van der Waals surface area contributed by atoms with Crippen LogP contribution in [-0.2, 0) is 4.79 Å². The first kappa shape index (κ1) is 24.4. The molecule has 0 aliphatic heterocycles. The predicted octanol–water partition coefficient (Wildman–Crippen LogP) is 7.14. The van der Waals surface area contributed by atoms with Crippen molar-refractivity contribution in [1.82, 2.24) is 0 Å². The van der Waals surface area contributed by atoms with Gasteiger partial charge in [-0.2, -0.15) is 10.2 Å². The summed E-state index contributed by atoms with van der Waals surface area (Å²) in [6.45, 7) is 0.720. The van der Waals surface area contributed by atoms with Gasteiger partial charge >= 0.3 is 5.97 Å². The Labute approximate surface area is 186 Å². The molecule has 6 nitrogen and oxygen atoms in total. The smallest absolute Gasteiger partial charge is 0.303 e. The molecule has 0 radical (unpaired) electrons. The molecule has 0 aliphatic carbocycles. The van der Waals surface area contributed by atoms with E-state index in [0.717, 1.165) is 61.5 Å². The number of hydrogen-bond donors (Lipinski definition) is 1. The molecule has 0 aromatic heterocycles. The summed E-state index contributed by atoms with van der Waals surface area (Å²) in [5.41, 5.74) is 2.76. The molecule has 1 N–H and O–H groups in total. The number of ether oxygens (including phenoxy) is 1. The summed E-state index contributed by atoms with van der Waals surface area (Å²) < 4.78 is 5.81. The van der Waals surface area contributed by atoms with Gasteiger partial charge < -0.3 is 14.7 Å². The van der Waals surface area contributed by atoms with E-state index in [-0.39, 0.29) is 0 Å². The Morgan fingerprint density at radius 3 is 1.77 bits per heavy atom. The predicted molar refractivity (Wildman–Crippen MR) is 126 cm³/mol. The van der Waals surface area contributed by atoms with Crippen LogP contribution in [0.5, 0.6) is 5.75 Å². The van der Waals surface area contributed by atoms with Crippen molar-refractivity contribution in [3.05, 3.63) is 48.5 Å². The fourth-order valence-corrected chi connectivity index (χ4v) is 3.17. The minimum Gasteiger partial charge on any atom is -0.494 e. The van der Waals surface area contributed by atoms with E-state index in [4.69, 9.17) is 9.84 Å². The van der Waals surface area contributed by atoms with Gasteiger partial charge in [0.05, 0.1) is 18.0 Å². The van der Waals surface area contributed by atoms with Gasteiger partial charge in [0.1, 0.15) is 5.75 Å². The number of benzene rings is 2. The molecule has 0 spiro atoms. The zero-order valence-electron chi connectivity index (χ0n) is 18.8. The molecule has 168 valence electrons. The lowest BCUT2D eigenvalue weighted by Gasteiger charge is -2.11. The van der Waals surface area contributed by atoms with Gasteiger partial charge in [-0.3, -0.25) is 4.79 Å². The molecular weight excluding hydrogens is 390 g/mol. The lowest BCUT2D eigenvalue weighted by atomic mass is 10.1. The minimum atomic E-state index is -0.690. The maximum atomic E-state index is 10.4. The van der Waals surface area contributed by atoms with Crippen molar-refractivity contribution in [3.8, 4) is 5.75 Å². The molecule has 0 saturated heterocycles. The Morgan fingerprint density at radius 2 is 1.26 bits per heavy atom. The molecule has 0 heterocycles. The van der Waals surface area contributed by atoms with Gasteiger partial charge in [-0.1, -0.05) is 38.5 Å². The molecular formula is C25H35N3O3. The van der Waals surface area contributed by atoms with E-state index in [0.29, 0.717) is 6.42 Å². The Morgan fingerprint density at radius 1 is 0.774 bits per heavy atom. The SMILES string of the molecule is CN(C)c1ccc(N=Nc2ccc(OCCCCCCCCCCC(=O)O)cc2)cc1. The molecule has 0 fully saturated rings. The number of anilines is 1. The van der Waals surface area contributed by atoms with Crippen molar-refractivity contribution in [2.75, 3.05) is 25.6 Å². The highest BCUT2D eigenvalue weighted by molar-refractivity contribution is 5.66. The van der Waals surface area contributed by atoms with Crippen LogP contribution in [0.4, 0.5) is 17.1 Å². The number of aliphatic carboxylic acids is 1. The Hall–Kier alpha value is -2.89. The van der Waals surface area contributed by atoms with E-state index in [2.05, 4.69) is 10.2 Å². The second-order valence-corrected chi connectivity index (χ2v) is 7.93. The highest BCUT2D eigenvalue weighted by atomic mass is 16.5. The average Bonchev–Trinajstić information content (AvgIpc) is 2.77. The Kier molecular flexibility index (Phi) is 11.1. The van der Waals surface area contributed by atoms with E-state index in [1.807, 2.05) is 67.5 Å². The van der Waals surface area contributed by atoms with Gasteiger partial charge in [0.2, 0.25) is 0 Å². The average molecular weight is 426 g/mol. The third-order valence-electron chi connectivity index (χ3n) is 5.04. The number of hydrogen-bond acceptors (Lipinski definition) is 5. The van der Waals surface area contributed by atoms with Crippen molar-refractivity contribution in [1.29, 1.82) is 0 Å². The van der Waals surface area contributed by atoms with E-state index in [1.165, 1.54) is 19.3 Å². The first-order valence-electron chi connectivity index (χ1n) is 11.2. The number of carbonyl (C=O) groups is 1. The van der Waals surface area contributed by atoms with Crippen LogP contribution < -0.4 is 9.64 Å². The van der Waals surface area contributed by atoms with E-state index >= 15 is 0 Å². The zero-order valence-corrected chi connectivity index (χ0v) is 18.8. The third kappa shape index (κ3) is 10.6. The topological polar surface area (TPSA) is 74.5 Å². The standard InChI is InChI=1S/C25H35N3O3/c1-28(2)23-16-12-21(13-17-23)26-27-22-14-18-24(19-15-22)31-20-10-8-6-4-3-5-7-9-11-25(29)30/h12-19H,3-11,20H2,1-2H3,(H,29,30). The molecule has 2 aromatic carbocycles. The normalized spacial score (nSPS) is 11.0. The van der Waals surface area contributed by atoms with Crippen LogP contribution in [0.3, 0.4) is 0 Å². The number of rotatable bonds is 15. The lowest BCUT2D eigenvalue weighted by molar-refractivity contribution is -0.137. The molecule has 6 heteroatoms. The van der Waals surface area contributed by atoms with Crippen LogP contribution in [0.1, 0.15) is 57.8 Å². The lowest BCUT2D eigenvalue weighted by Crippen LogP contribution is -2.07. The van der Waals surface area contributed by atoms with Gasteiger partial charge in [-0.05, 0) is 61.4 Å². The summed E-state index contributed by atoms with van der Waals surface area (Å²) in [7, 11) is 4.02. The highest BCUT2D eigenvalue weighted by Gasteiger charge is 1.99. The summed E-state index contributed by atoms with van der Waals surface area (Å²) in [6, 6.07) is 15.6. The second-order valence-electron chi connectivity index (χ2n) is 7.93. The van der Waals surface area contributed by atoms with Crippen LogP contribution in [0, 0.1) is 0 Å². The van der Waals surface area contributed by atoms with Gasteiger partial charge in [0, 0.05) is 26.2 Å². The van der Waals surface area contributed by atoms with Crippen LogP contribution >= 0.6 is 0 Å². The number of carboxylic acids is 1. The summed E-state index contributed by atoms with van der Waals surface area (Å²) in [6.07, 6.45) is 9.07. The fraction of sp³-hybridized carbons (Fsp3) is 0.480. The second kappa shape index (κ2) is 14.2. The maximum absolute atomic E-state index is 10.4. The summed E-state index contributed by atoms with van der Waals surface area (Å²) in [5, 5.41) is 17.2. The molecule has 0 atom stereocenters. The molecule has 2 rings (SSSR count). The molecule has 0 bridgehead atoms. The monoisotopic (exact) mass is 425 g/mol. The van der Waals surface area contributed by atoms with Gasteiger partial charge in [-0.25, -0.2) is 0 Å². The van der Waals surface area contributed by atoms with Crippen molar-refractivity contribution >= 4 is 23.0 Å². The van der Waals surface area contributed by atoms with E-state index in [1.54, 1.807) is 0 Å². The van der Waals surface area contributed by atoms with Crippen molar-refractivity contribution in [2.24, 2.45) is 10.2 Å². The molecule has 0 amide bonds. The number of unbranched alkanes of at least 4 members (excludes halogenated alkanes) is 7. The molecule has 0 unspecified atom stereocenters. The molecule has 0 saturated carbocycles. The van der Waals surface area contributed by atoms with Crippen molar-refractivity contribution in [3.63, 3.8) is 0 Å². The van der Waals surface area contributed by atoms with Crippen LogP contribution in [0.2, 0.25) is 0 Å². The van der Waals surface area contributed by atoms with E-state index < -0.39 is 5.97 Å². The Balaban J connectivity index is 1.56. The highest BCUT2D eigenvalue weighted by Crippen LogP contribution is 2.23. The summed E-state index contributed by atoms with van der Waals surface area (Å²) >= 11 is 0. The molecule has 31 heavy (non-hydrogen) atoms. The van der Waals surface area contributed by atoms with Gasteiger partial charge in [0.25, 0.3) is 0 Å². The first-order chi connectivity index (χ1) is 15.0. The van der Waals surface area contributed by atoms with Crippen LogP contribution in [0.25, 0.3) is 0 Å². The van der Waals surface area contributed by atoms with Gasteiger partial charge in [0.15, 0.2) is 0 Å². The van der Waals surface area contributed by atoms with Crippen LogP contribution in [-0.4, -0.2) is 31.8 Å². The van der Waals surface area contributed by atoms with Gasteiger partial charge in [-0.15, -0.1) is 0 Å². The van der Waals surface area contributed by atoms with Crippen molar-refractivity contribution < 1.29 is 14.6 Å².